The number of fused-ring (bicyclic) bond motifs is 3. The van der Waals surface area contributed by atoms with Gasteiger partial charge in [-0.1, -0.05) is 61.9 Å². The van der Waals surface area contributed by atoms with Gasteiger partial charge >= 0.3 is 12.1 Å². The van der Waals surface area contributed by atoms with Crippen molar-refractivity contribution in [2.75, 3.05) is 19.8 Å². The maximum atomic E-state index is 12.7. The van der Waals surface area contributed by atoms with E-state index in [1.54, 1.807) is 0 Å². The van der Waals surface area contributed by atoms with Crippen molar-refractivity contribution >= 4 is 18.0 Å². The smallest absolute Gasteiger partial charge is 0.407 e. The molecule has 0 saturated carbocycles. The van der Waals surface area contributed by atoms with E-state index in [1.165, 1.54) is 11.1 Å². The first-order chi connectivity index (χ1) is 17.0. The van der Waals surface area contributed by atoms with Crippen LogP contribution in [0, 0.1) is 5.92 Å². The van der Waals surface area contributed by atoms with Gasteiger partial charge in [-0.3, -0.25) is 9.59 Å². The van der Waals surface area contributed by atoms with Crippen molar-refractivity contribution in [3.8, 4) is 11.1 Å². The fraction of sp³-hybridized carbons (Fsp3) is 0.444. The van der Waals surface area contributed by atoms with Crippen molar-refractivity contribution in [1.29, 1.82) is 0 Å². The molecule has 0 bridgehead atoms. The first-order valence-electron chi connectivity index (χ1n) is 12.2. The number of alkyl carbamates (subject to hydrolysis) is 1. The molecule has 1 aliphatic heterocycles. The third-order valence-electron chi connectivity index (χ3n) is 6.73. The third kappa shape index (κ3) is 5.82. The van der Waals surface area contributed by atoms with Gasteiger partial charge in [-0.25, -0.2) is 4.79 Å². The highest BCUT2D eigenvalue weighted by Crippen LogP contribution is 2.44. The Hall–Kier alpha value is -3.39. The lowest BCUT2D eigenvalue weighted by Gasteiger charge is -2.22. The van der Waals surface area contributed by atoms with Crippen LogP contribution in [-0.4, -0.2) is 55.0 Å². The largest absolute Gasteiger partial charge is 0.481 e. The number of carboxylic acids is 1. The molecule has 0 radical (unpaired) electrons. The molecule has 186 valence electrons. The van der Waals surface area contributed by atoms with Crippen LogP contribution in [0.2, 0.25) is 0 Å². The molecule has 0 spiro atoms. The van der Waals surface area contributed by atoms with E-state index in [0.717, 1.165) is 17.5 Å². The van der Waals surface area contributed by atoms with Gasteiger partial charge in [0.25, 0.3) is 0 Å². The number of carbonyl (C=O) groups excluding carboxylic acids is 2. The second kappa shape index (κ2) is 11.4. The SMILES string of the molecule is CCC[C@H](CC(=O)O)NC(=O)[C@H]1OCC[C@H]1CNC(=O)OCC1c2ccccc2-c2ccccc21. The van der Waals surface area contributed by atoms with Gasteiger partial charge in [0.1, 0.15) is 12.7 Å². The number of benzene rings is 2. The molecule has 4 rings (SSSR count). The van der Waals surface area contributed by atoms with Crippen LogP contribution >= 0.6 is 0 Å². The highest BCUT2D eigenvalue weighted by Gasteiger charge is 2.36. The van der Waals surface area contributed by atoms with Crippen molar-refractivity contribution in [3.63, 3.8) is 0 Å². The van der Waals surface area contributed by atoms with E-state index in [2.05, 4.69) is 34.9 Å². The van der Waals surface area contributed by atoms with Crippen LogP contribution in [0.15, 0.2) is 48.5 Å². The van der Waals surface area contributed by atoms with Gasteiger partial charge in [0.2, 0.25) is 5.91 Å². The average molecular weight is 481 g/mol. The molecular formula is C27H32N2O6. The minimum atomic E-state index is -0.954. The van der Waals surface area contributed by atoms with E-state index in [-0.39, 0.29) is 37.3 Å². The molecule has 1 aliphatic carbocycles. The van der Waals surface area contributed by atoms with Gasteiger partial charge in [0, 0.05) is 31.0 Å². The molecule has 8 nitrogen and oxygen atoms in total. The van der Waals surface area contributed by atoms with Crippen molar-refractivity contribution in [1.82, 2.24) is 10.6 Å². The summed E-state index contributed by atoms with van der Waals surface area (Å²) in [4.78, 5) is 36.3. The zero-order valence-electron chi connectivity index (χ0n) is 19.9. The number of hydrogen-bond acceptors (Lipinski definition) is 5. The number of hydrogen-bond donors (Lipinski definition) is 3. The zero-order valence-corrected chi connectivity index (χ0v) is 19.9. The summed E-state index contributed by atoms with van der Waals surface area (Å²) in [6.07, 6.45) is 0.572. The molecule has 2 aromatic carbocycles. The minimum absolute atomic E-state index is 0.0220. The molecule has 1 fully saturated rings. The van der Waals surface area contributed by atoms with Gasteiger partial charge in [-0.15, -0.1) is 0 Å². The van der Waals surface area contributed by atoms with E-state index < -0.39 is 24.2 Å². The number of ether oxygens (including phenoxy) is 2. The van der Waals surface area contributed by atoms with Gasteiger partial charge in [0.15, 0.2) is 0 Å². The molecule has 3 N–H and O–H groups in total. The molecular weight excluding hydrogens is 448 g/mol. The van der Waals surface area contributed by atoms with Crippen LogP contribution in [-0.2, 0) is 19.1 Å². The molecule has 2 aromatic rings. The van der Waals surface area contributed by atoms with Gasteiger partial charge in [0.05, 0.1) is 6.42 Å². The van der Waals surface area contributed by atoms with Crippen LogP contribution in [0.3, 0.4) is 0 Å². The van der Waals surface area contributed by atoms with E-state index in [9.17, 15) is 14.4 Å². The van der Waals surface area contributed by atoms with Crippen LogP contribution in [0.1, 0.15) is 49.7 Å². The third-order valence-corrected chi connectivity index (χ3v) is 6.73. The summed E-state index contributed by atoms with van der Waals surface area (Å²) in [7, 11) is 0. The molecule has 0 unspecified atom stereocenters. The fourth-order valence-corrected chi connectivity index (χ4v) is 5.06. The number of rotatable bonds is 10. The average Bonchev–Trinajstić information content (AvgIpc) is 3.44. The Labute approximate surface area is 205 Å². The molecule has 1 saturated heterocycles. The van der Waals surface area contributed by atoms with Crippen molar-refractivity contribution in [3.05, 3.63) is 59.7 Å². The molecule has 3 atom stereocenters. The summed E-state index contributed by atoms with van der Waals surface area (Å²) in [5.41, 5.74) is 4.62. The van der Waals surface area contributed by atoms with Crippen LogP contribution in [0.4, 0.5) is 4.79 Å². The lowest BCUT2D eigenvalue weighted by molar-refractivity contribution is -0.138. The molecule has 1 heterocycles. The quantitative estimate of drug-likeness (QED) is 0.478. The molecule has 35 heavy (non-hydrogen) atoms. The number of carboxylic acid groups (broad SMARTS) is 1. The summed E-state index contributed by atoms with van der Waals surface area (Å²) in [6, 6.07) is 15.9. The summed E-state index contributed by atoms with van der Waals surface area (Å²) in [6.45, 7) is 2.81. The molecule has 8 heteroatoms. The lowest BCUT2D eigenvalue weighted by atomic mass is 9.98. The number of amides is 2. The first-order valence-corrected chi connectivity index (χ1v) is 12.2. The Morgan fingerprint density at radius 1 is 1.09 bits per heavy atom. The molecule has 0 aromatic heterocycles. The number of nitrogens with one attached hydrogen (secondary N) is 2. The topological polar surface area (TPSA) is 114 Å². The zero-order chi connectivity index (χ0) is 24.8. The van der Waals surface area contributed by atoms with E-state index in [0.29, 0.717) is 19.4 Å². The van der Waals surface area contributed by atoms with Gasteiger partial charge in [-0.2, -0.15) is 0 Å². The predicted molar refractivity (Wildman–Crippen MR) is 130 cm³/mol. The monoisotopic (exact) mass is 480 g/mol. The normalized spacial score (nSPS) is 19.5. The predicted octanol–water partition coefficient (Wildman–Crippen LogP) is 3.69. The van der Waals surface area contributed by atoms with Crippen molar-refractivity contribution < 1.29 is 29.0 Å². The summed E-state index contributed by atoms with van der Waals surface area (Å²) < 4.78 is 11.2. The molecule has 2 amide bonds. The Morgan fingerprint density at radius 2 is 1.74 bits per heavy atom. The van der Waals surface area contributed by atoms with E-state index >= 15 is 0 Å². The highest BCUT2D eigenvalue weighted by atomic mass is 16.5. The first kappa shape index (κ1) is 24.7. The summed E-state index contributed by atoms with van der Waals surface area (Å²) >= 11 is 0. The standard InChI is InChI=1S/C27H32N2O6/c1-2-7-18(14-24(30)31)29-26(32)25-17(12-13-34-25)15-28-27(33)35-16-23-21-10-5-3-8-19(21)20-9-4-6-11-22(20)23/h3-6,8-11,17-18,23,25H,2,7,12-16H2,1H3,(H,28,33)(H,29,32)(H,30,31)/t17-,18+,25-/m0/s1. The second-order valence-electron chi connectivity index (χ2n) is 9.14. The number of aliphatic carboxylic acids is 1. The van der Waals surface area contributed by atoms with Gasteiger partial charge < -0.3 is 25.2 Å². The maximum Gasteiger partial charge on any atom is 0.407 e. The summed E-state index contributed by atoms with van der Waals surface area (Å²) in [5, 5.41) is 14.7. The molecule has 2 aliphatic rings. The Bertz CT molecular complexity index is 1030. The minimum Gasteiger partial charge on any atom is -0.481 e. The highest BCUT2D eigenvalue weighted by molar-refractivity contribution is 5.82. The van der Waals surface area contributed by atoms with Crippen LogP contribution in [0.5, 0.6) is 0 Å². The van der Waals surface area contributed by atoms with Crippen molar-refractivity contribution in [2.45, 2.75) is 50.7 Å². The number of carbonyl (C=O) groups is 3. The Kier molecular flexibility index (Phi) is 8.02. The van der Waals surface area contributed by atoms with Gasteiger partial charge in [-0.05, 0) is 35.1 Å². The summed E-state index contributed by atoms with van der Waals surface area (Å²) in [5.74, 6) is -1.51. The fourth-order valence-electron chi connectivity index (χ4n) is 5.06. The lowest BCUT2D eigenvalue weighted by Crippen LogP contribution is -2.46. The Morgan fingerprint density at radius 3 is 2.37 bits per heavy atom. The van der Waals surface area contributed by atoms with E-state index in [1.807, 2.05) is 31.2 Å². The maximum absolute atomic E-state index is 12.7. The second-order valence-corrected chi connectivity index (χ2v) is 9.14. The van der Waals surface area contributed by atoms with Crippen molar-refractivity contribution in [2.24, 2.45) is 5.92 Å². The van der Waals surface area contributed by atoms with Crippen LogP contribution in [0.25, 0.3) is 11.1 Å². The Balaban J connectivity index is 1.29. The van der Waals surface area contributed by atoms with Crippen LogP contribution < -0.4 is 10.6 Å². The van der Waals surface area contributed by atoms with E-state index in [4.69, 9.17) is 14.6 Å².